The Bertz CT molecular complexity index is 367. The van der Waals surface area contributed by atoms with Gasteiger partial charge in [0.1, 0.15) is 0 Å². The maximum atomic E-state index is 12.5. The van der Waals surface area contributed by atoms with Crippen molar-refractivity contribution in [3.63, 3.8) is 0 Å². The first-order chi connectivity index (χ1) is 8.39. The Morgan fingerprint density at radius 2 is 1.50 bits per heavy atom. The molecule has 2 heterocycles. The molecule has 2 unspecified atom stereocenters. The smallest absolute Gasteiger partial charge is 0.281 e. The van der Waals surface area contributed by atoms with Crippen LogP contribution < -0.4 is 5.73 Å². The summed E-state index contributed by atoms with van der Waals surface area (Å²) in [6.07, 6.45) is 2.67. The zero-order chi connectivity index (χ0) is 13.3. The van der Waals surface area contributed by atoms with Crippen LogP contribution >= 0.6 is 0 Å². The molecule has 2 N–H and O–H groups in total. The second kappa shape index (κ2) is 5.45. The first-order valence-corrected chi connectivity index (χ1v) is 8.30. The quantitative estimate of drug-likeness (QED) is 0.804. The molecule has 2 rings (SSSR count). The van der Waals surface area contributed by atoms with Crippen molar-refractivity contribution in [2.75, 3.05) is 26.2 Å². The predicted molar refractivity (Wildman–Crippen MR) is 72.2 cm³/mol. The first kappa shape index (κ1) is 14.2. The van der Waals surface area contributed by atoms with E-state index >= 15 is 0 Å². The lowest BCUT2D eigenvalue weighted by Gasteiger charge is -2.39. The van der Waals surface area contributed by atoms with E-state index in [0.717, 1.165) is 19.3 Å². The molecule has 2 atom stereocenters. The molecule has 0 radical (unpaired) electrons. The van der Waals surface area contributed by atoms with E-state index in [4.69, 9.17) is 5.73 Å². The third-order valence-electron chi connectivity index (χ3n) is 3.99. The summed E-state index contributed by atoms with van der Waals surface area (Å²) in [5.74, 6) is 0.908. The van der Waals surface area contributed by atoms with Gasteiger partial charge in [-0.3, -0.25) is 0 Å². The van der Waals surface area contributed by atoms with E-state index in [2.05, 4.69) is 13.8 Å². The summed E-state index contributed by atoms with van der Waals surface area (Å²) in [5, 5.41) is 0. The zero-order valence-electron chi connectivity index (χ0n) is 11.4. The van der Waals surface area contributed by atoms with Crippen molar-refractivity contribution in [3.05, 3.63) is 0 Å². The molecule has 0 aromatic carbocycles. The van der Waals surface area contributed by atoms with Gasteiger partial charge in [-0.25, -0.2) is 0 Å². The van der Waals surface area contributed by atoms with E-state index in [1.165, 1.54) is 0 Å². The van der Waals surface area contributed by atoms with E-state index in [-0.39, 0.29) is 6.04 Å². The molecule has 2 aliphatic rings. The topological polar surface area (TPSA) is 66.6 Å². The van der Waals surface area contributed by atoms with Crippen molar-refractivity contribution in [1.82, 2.24) is 8.61 Å². The van der Waals surface area contributed by atoms with Gasteiger partial charge in [-0.2, -0.15) is 17.0 Å². The predicted octanol–water partition coefficient (Wildman–Crippen LogP) is 0.632. The molecule has 0 aromatic heterocycles. The highest BCUT2D eigenvalue weighted by atomic mass is 32.2. The molecular weight excluding hydrogens is 250 g/mol. The van der Waals surface area contributed by atoms with E-state index in [1.54, 1.807) is 8.61 Å². The Balaban J connectivity index is 2.06. The molecule has 0 bridgehead atoms. The molecular formula is C12H25N3O2S. The maximum absolute atomic E-state index is 12.5. The van der Waals surface area contributed by atoms with Gasteiger partial charge in [-0.05, 0) is 31.1 Å². The minimum Gasteiger partial charge on any atom is -0.328 e. The van der Waals surface area contributed by atoms with Gasteiger partial charge in [0.2, 0.25) is 0 Å². The summed E-state index contributed by atoms with van der Waals surface area (Å²) in [5.41, 5.74) is 5.83. The second-order valence-electron chi connectivity index (χ2n) is 6.01. The normalized spacial score (nSPS) is 33.7. The highest BCUT2D eigenvalue weighted by molar-refractivity contribution is 7.86. The van der Waals surface area contributed by atoms with Crippen LogP contribution in [0.5, 0.6) is 0 Å². The first-order valence-electron chi connectivity index (χ1n) is 6.90. The monoisotopic (exact) mass is 275 g/mol. The van der Waals surface area contributed by atoms with Crippen LogP contribution in [-0.2, 0) is 10.2 Å². The van der Waals surface area contributed by atoms with Crippen molar-refractivity contribution in [2.45, 2.75) is 39.2 Å². The largest absolute Gasteiger partial charge is 0.328 e. The molecule has 6 heteroatoms. The third kappa shape index (κ3) is 3.04. The minimum absolute atomic E-state index is 0.163. The van der Waals surface area contributed by atoms with Gasteiger partial charge in [-0.1, -0.05) is 13.8 Å². The van der Waals surface area contributed by atoms with Gasteiger partial charge in [-0.15, -0.1) is 0 Å². The Labute approximate surface area is 110 Å². The molecule has 0 aromatic rings. The van der Waals surface area contributed by atoms with Crippen LogP contribution in [0.2, 0.25) is 0 Å². The number of rotatable bonds is 2. The maximum Gasteiger partial charge on any atom is 0.281 e. The number of hydrogen-bond donors (Lipinski definition) is 1. The van der Waals surface area contributed by atoms with Gasteiger partial charge in [0.25, 0.3) is 10.2 Å². The van der Waals surface area contributed by atoms with Gasteiger partial charge < -0.3 is 5.73 Å². The van der Waals surface area contributed by atoms with Crippen LogP contribution in [0.15, 0.2) is 0 Å². The zero-order valence-corrected chi connectivity index (χ0v) is 12.2. The van der Waals surface area contributed by atoms with E-state index in [1.807, 2.05) is 0 Å². The van der Waals surface area contributed by atoms with Crippen molar-refractivity contribution in [2.24, 2.45) is 17.6 Å². The lowest BCUT2D eigenvalue weighted by molar-refractivity contribution is 0.202. The van der Waals surface area contributed by atoms with Crippen LogP contribution in [0.25, 0.3) is 0 Å². The van der Waals surface area contributed by atoms with Crippen LogP contribution in [0.4, 0.5) is 0 Å². The summed E-state index contributed by atoms with van der Waals surface area (Å²) in [6.45, 7) is 6.73. The molecule has 0 amide bonds. The highest BCUT2D eigenvalue weighted by Crippen LogP contribution is 2.25. The fourth-order valence-corrected chi connectivity index (χ4v) is 4.95. The second-order valence-corrected chi connectivity index (χ2v) is 7.94. The van der Waals surface area contributed by atoms with Crippen molar-refractivity contribution >= 4 is 10.2 Å². The third-order valence-corrected chi connectivity index (χ3v) is 5.95. The van der Waals surface area contributed by atoms with Crippen molar-refractivity contribution in [3.8, 4) is 0 Å². The molecule has 5 nitrogen and oxygen atoms in total. The summed E-state index contributed by atoms with van der Waals surface area (Å²) in [6, 6.07) is 0.163. The number of nitrogens with zero attached hydrogens (tertiary/aromatic N) is 2. The standard InChI is InChI=1S/C12H25N3O2S/c1-10-7-11(2)9-15(8-10)18(16,17)14-5-3-12(13)4-6-14/h10-12H,3-9,13H2,1-2H3. The van der Waals surface area contributed by atoms with Gasteiger partial charge in [0, 0.05) is 32.2 Å². The van der Waals surface area contributed by atoms with E-state index < -0.39 is 10.2 Å². The Morgan fingerprint density at radius 3 is 2.00 bits per heavy atom. The van der Waals surface area contributed by atoms with E-state index in [9.17, 15) is 8.42 Å². The highest BCUT2D eigenvalue weighted by Gasteiger charge is 2.35. The van der Waals surface area contributed by atoms with Crippen LogP contribution in [0, 0.1) is 11.8 Å². The molecule has 2 fully saturated rings. The molecule has 106 valence electrons. The molecule has 2 saturated heterocycles. The average Bonchev–Trinajstić information content (AvgIpc) is 2.28. The van der Waals surface area contributed by atoms with Gasteiger partial charge >= 0.3 is 0 Å². The minimum atomic E-state index is -3.26. The average molecular weight is 275 g/mol. The summed E-state index contributed by atoms with van der Waals surface area (Å²) in [7, 11) is -3.26. The van der Waals surface area contributed by atoms with Crippen LogP contribution in [0.3, 0.4) is 0 Å². The number of piperidine rings is 2. The lowest BCUT2D eigenvalue weighted by atomic mass is 9.94. The molecule has 18 heavy (non-hydrogen) atoms. The Morgan fingerprint density at radius 1 is 1.00 bits per heavy atom. The fraction of sp³-hybridized carbons (Fsp3) is 1.00. The molecule has 2 aliphatic heterocycles. The molecule has 0 spiro atoms. The number of nitrogens with two attached hydrogens (primary N) is 1. The summed E-state index contributed by atoms with van der Waals surface area (Å²) < 4.78 is 28.4. The molecule has 0 aliphatic carbocycles. The SMILES string of the molecule is CC1CC(C)CN(S(=O)(=O)N2CCC(N)CC2)C1. The van der Waals surface area contributed by atoms with Crippen LogP contribution in [0.1, 0.15) is 33.1 Å². The fourth-order valence-electron chi connectivity index (χ4n) is 3.06. The van der Waals surface area contributed by atoms with Gasteiger partial charge in [0.15, 0.2) is 0 Å². The Kier molecular flexibility index (Phi) is 4.31. The van der Waals surface area contributed by atoms with Crippen molar-refractivity contribution in [1.29, 1.82) is 0 Å². The lowest BCUT2D eigenvalue weighted by Crippen LogP contribution is -2.52. The van der Waals surface area contributed by atoms with Gasteiger partial charge in [0.05, 0.1) is 0 Å². The van der Waals surface area contributed by atoms with Crippen LogP contribution in [-0.4, -0.2) is 49.2 Å². The Hall–Kier alpha value is -0.170. The van der Waals surface area contributed by atoms with E-state index in [0.29, 0.717) is 38.0 Å². The number of hydrogen-bond acceptors (Lipinski definition) is 3. The summed E-state index contributed by atoms with van der Waals surface area (Å²) in [4.78, 5) is 0. The molecule has 0 saturated carbocycles. The van der Waals surface area contributed by atoms with Crippen molar-refractivity contribution < 1.29 is 8.42 Å². The summed E-state index contributed by atoms with van der Waals surface area (Å²) >= 11 is 0.